The van der Waals surface area contributed by atoms with Gasteiger partial charge in [0.05, 0.1) is 11.4 Å². The quantitative estimate of drug-likeness (QED) is 0.172. The molecule has 6 rings (SSSR count). The molecule has 0 N–H and O–H groups in total. The van der Waals surface area contributed by atoms with Gasteiger partial charge in [0.15, 0.2) is 0 Å². The van der Waals surface area contributed by atoms with Crippen molar-refractivity contribution >= 4 is 0 Å². The number of hydrogen-bond acceptors (Lipinski definition) is 1. The summed E-state index contributed by atoms with van der Waals surface area (Å²) in [6.45, 7) is 34.7. The number of hydrogen-bond donors (Lipinski definition) is 0. The first-order valence-electron chi connectivity index (χ1n) is 20.5. The zero-order chi connectivity index (χ0) is 41.0. The van der Waals surface area contributed by atoms with Crippen LogP contribution in [0.5, 0.6) is 0 Å². The number of nitrogens with zero attached hydrogens (tertiary/aromatic N) is 1. The second-order valence-corrected chi connectivity index (χ2v) is 21.2. The van der Waals surface area contributed by atoms with E-state index in [-0.39, 0.29) is 27.1 Å². The number of benzene rings is 5. The summed E-state index contributed by atoms with van der Waals surface area (Å²) in [6, 6.07) is 45.8. The Balaban J connectivity index is 1.58. The lowest BCUT2D eigenvalue weighted by Crippen LogP contribution is -2.16. The number of pyridine rings is 1. The van der Waals surface area contributed by atoms with Gasteiger partial charge < -0.3 is 0 Å². The van der Waals surface area contributed by atoms with E-state index in [2.05, 4.69) is 225 Å². The maximum Gasteiger partial charge on any atom is 0.0715 e. The molecule has 0 radical (unpaired) electrons. The monoisotopic (exact) mass is 740 g/mol. The van der Waals surface area contributed by atoms with Crippen LogP contribution in [-0.2, 0) is 27.1 Å². The van der Waals surface area contributed by atoms with E-state index < -0.39 is 0 Å². The van der Waals surface area contributed by atoms with E-state index in [9.17, 15) is 0 Å². The molecule has 0 bridgehead atoms. The lowest BCUT2D eigenvalue weighted by Gasteiger charge is -2.27. The lowest BCUT2D eigenvalue weighted by molar-refractivity contribution is 0.568. The van der Waals surface area contributed by atoms with Crippen molar-refractivity contribution in [2.75, 3.05) is 0 Å². The minimum absolute atomic E-state index is 0.0297. The Morgan fingerprint density at radius 1 is 0.250 bits per heavy atom. The Morgan fingerprint density at radius 3 is 0.946 bits per heavy atom. The van der Waals surface area contributed by atoms with Gasteiger partial charge in [-0.15, -0.1) is 0 Å². The highest BCUT2D eigenvalue weighted by Gasteiger charge is 2.24. The summed E-state index contributed by atoms with van der Waals surface area (Å²) in [6.07, 6.45) is 0. The van der Waals surface area contributed by atoms with Crippen LogP contribution in [0, 0.1) is 0 Å². The molecule has 0 saturated heterocycles. The molecule has 1 heterocycles. The fourth-order valence-electron chi connectivity index (χ4n) is 7.17. The normalized spacial score (nSPS) is 12.9. The zero-order valence-electron chi connectivity index (χ0n) is 37.0. The molecule has 0 amide bonds. The molecule has 0 unspecified atom stereocenters. The van der Waals surface area contributed by atoms with Crippen molar-refractivity contribution in [2.45, 2.75) is 131 Å². The molecular weight excluding hydrogens is 675 g/mol. The number of aromatic nitrogens is 1. The van der Waals surface area contributed by atoms with Crippen molar-refractivity contribution < 1.29 is 0 Å². The third-order valence-electron chi connectivity index (χ3n) is 11.2. The van der Waals surface area contributed by atoms with Crippen molar-refractivity contribution in [1.82, 2.24) is 4.98 Å². The van der Waals surface area contributed by atoms with Crippen molar-refractivity contribution in [3.8, 4) is 55.9 Å². The smallest absolute Gasteiger partial charge is 0.0715 e. The summed E-state index contributed by atoms with van der Waals surface area (Å²) in [5, 5.41) is 0. The topological polar surface area (TPSA) is 12.9 Å². The van der Waals surface area contributed by atoms with E-state index in [1.54, 1.807) is 0 Å². The fraction of sp³-hybridized carbons (Fsp3) is 0.364. The van der Waals surface area contributed by atoms with Gasteiger partial charge in [-0.3, -0.25) is 0 Å². The molecule has 0 aliphatic heterocycles. The highest BCUT2D eigenvalue weighted by atomic mass is 14.7. The molecular formula is C55H65N. The standard InChI is InChI=1S/C55H65N/c1-51(2,3)44-26-39(42-30-47(54(10,11)12)35-48(31-42)55(13,14)15)25-40(27-44)43-32-49(36-20-17-16-18-21-36)56-50(33-43)38-23-19-22-37(24-38)41-28-45(52(4,5)6)34-46(29-41)53(7,8)9/h16-35H,1-15H3. The van der Waals surface area contributed by atoms with Crippen LogP contribution in [0.3, 0.4) is 0 Å². The lowest BCUT2D eigenvalue weighted by atomic mass is 9.78. The van der Waals surface area contributed by atoms with Crippen LogP contribution < -0.4 is 0 Å². The first-order valence-corrected chi connectivity index (χ1v) is 20.5. The summed E-state index contributed by atoms with van der Waals surface area (Å²) < 4.78 is 0. The molecule has 5 aromatic carbocycles. The first kappa shape index (κ1) is 40.9. The van der Waals surface area contributed by atoms with Gasteiger partial charge >= 0.3 is 0 Å². The summed E-state index contributed by atoms with van der Waals surface area (Å²) in [5.41, 5.74) is 18.4. The average Bonchev–Trinajstić information content (AvgIpc) is 3.12. The molecule has 0 aliphatic carbocycles. The van der Waals surface area contributed by atoms with Crippen molar-refractivity contribution in [3.05, 3.63) is 149 Å². The van der Waals surface area contributed by atoms with Crippen molar-refractivity contribution in [3.63, 3.8) is 0 Å². The van der Waals surface area contributed by atoms with Crippen LogP contribution in [0.2, 0.25) is 0 Å². The van der Waals surface area contributed by atoms with Gasteiger partial charge in [-0.1, -0.05) is 201 Å². The molecule has 0 atom stereocenters. The molecule has 1 heteroatoms. The van der Waals surface area contributed by atoms with E-state index >= 15 is 0 Å². The molecule has 1 nitrogen and oxygen atoms in total. The van der Waals surface area contributed by atoms with Crippen LogP contribution in [0.25, 0.3) is 55.9 Å². The minimum Gasteiger partial charge on any atom is -0.248 e. The van der Waals surface area contributed by atoms with Crippen LogP contribution >= 0.6 is 0 Å². The van der Waals surface area contributed by atoms with Gasteiger partial charge in [0.2, 0.25) is 0 Å². The van der Waals surface area contributed by atoms with Crippen LogP contribution in [0.1, 0.15) is 132 Å². The van der Waals surface area contributed by atoms with Gasteiger partial charge in [-0.2, -0.15) is 0 Å². The molecule has 1 aromatic heterocycles. The third-order valence-corrected chi connectivity index (χ3v) is 11.2. The van der Waals surface area contributed by atoms with Crippen LogP contribution in [0.4, 0.5) is 0 Å². The average molecular weight is 740 g/mol. The summed E-state index contributed by atoms with van der Waals surface area (Å²) in [7, 11) is 0. The Morgan fingerprint density at radius 2 is 0.536 bits per heavy atom. The van der Waals surface area contributed by atoms with Gasteiger partial charge in [0.25, 0.3) is 0 Å². The Bertz CT molecular complexity index is 2290. The number of rotatable bonds is 5. The highest BCUT2D eigenvalue weighted by molar-refractivity contribution is 5.82. The molecule has 0 saturated carbocycles. The van der Waals surface area contributed by atoms with E-state index in [1.807, 2.05) is 0 Å². The Kier molecular flexibility index (Phi) is 10.7. The second kappa shape index (κ2) is 14.6. The predicted octanol–water partition coefficient (Wildman–Crippen LogP) is 15.9. The van der Waals surface area contributed by atoms with Crippen molar-refractivity contribution in [2.24, 2.45) is 0 Å². The molecule has 290 valence electrons. The maximum atomic E-state index is 5.38. The van der Waals surface area contributed by atoms with Gasteiger partial charge in [0.1, 0.15) is 0 Å². The molecule has 0 fully saturated rings. The zero-order valence-corrected chi connectivity index (χ0v) is 37.0. The summed E-state index contributed by atoms with van der Waals surface area (Å²) in [4.78, 5) is 5.38. The van der Waals surface area contributed by atoms with Gasteiger partial charge in [0, 0.05) is 11.1 Å². The highest BCUT2D eigenvalue weighted by Crippen LogP contribution is 2.40. The maximum absolute atomic E-state index is 5.38. The molecule has 0 aliphatic rings. The second-order valence-electron chi connectivity index (χ2n) is 21.2. The molecule has 56 heavy (non-hydrogen) atoms. The third kappa shape index (κ3) is 9.26. The van der Waals surface area contributed by atoms with Gasteiger partial charge in [-0.05, 0) is 113 Å². The van der Waals surface area contributed by atoms with Gasteiger partial charge in [-0.25, -0.2) is 4.98 Å². The van der Waals surface area contributed by atoms with E-state index in [0.29, 0.717) is 0 Å². The summed E-state index contributed by atoms with van der Waals surface area (Å²) in [5.74, 6) is 0. The predicted molar refractivity (Wildman–Crippen MR) is 245 cm³/mol. The Hall–Kier alpha value is -4.75. The van der Waals surface area contributed by atoms with E-state index in [1.165, 1.54) is 61.2 Å². The van der Waals surface area contributed by atoms with Crippen molar-refractivity contribution in [1.29, 1.82) is 0 Å². The van der Waals surface area contributed by atoms with E-state index in [0.717, 1.165) is 22.5 Å². The molecule has 6 aromatic rings. The Labute approximate surface area is 339 Å². The minimum atomic E-state index is -0.0425. The molecule has 0 spiro atoms. The largest absolute Gasteiger partial charge is 0.248 e. The fourth-order valence-corrected chi connectivity index (χ4v) is 7.17. The van der Waals surface area contributed by atoms with Crippen LogP contribution in [-0.4, -0.2) is 4.98 Å². The summed E-state index contributed by atoms with van der Waals surface area (Å²) >= 11 is 0. The first-order chi connectivity index (χ1) is 25.9. The van der Waals surface area contributed by atoms with E-state index in [4.69, 9.17) is 4.98 Å². The SMILES string of the molecule is CC(C)(C)c1cc(-c2cc(C(C)(C)C)cc(C(C)(C)C)c2)cc(-c2cc(-c3ccccc3)nc(-c3cccc(-c4cc(C(C)(C)C)cc(C(C)(C)C)c4)c3)c2)c1. The van der Waals surface area contributed by atoms with Crippen LogP contribution in [0.15, 0.2) is 121 Å².